The van der Waals surface area contributed by atoms with E-state index < -0.39 is 0 Å². The Labute approximate surface area is 174 Å². The van der Waals surface area contributed by atoms with Crippen LogP contribution in [0, 0.1) is 0 Å². The van der Waals surface area contributed by atoms with Gasteiger partial charge in [-0.05, 0) is 42.0 Å². The van der Waals surface area contributed by atoms with Gasteiger partial charge in [0.15, 0.2) is 0 Å². The van der Waals surface area contributed by atoms with Gasteiger partial charge in [-0.1, -0.05) is 44.2 Å². The number of rotatable bonds is 7. The lowest BCUT2D eigenvalue weighted by atomic mass is 10.0. The average molecular weight is 393 g/mol. The van der Waals surface area contributed by atoms with Crippen LogP contribution in [0.3, 0.4) is 0 Å². The molecule has 154 valence electrons. The fourth-order valence-corrected chi connectivity index (χ4v) is 4.00. The smallest absolute Gasteiger partial charge is 0.236 e. The van der Waals surface area contributed by atoms with E-state index in [1.807, 2.05) is 29.3 Å². The molecule has 5 nitrogen and oxygen atoms in total. The van der Waals surface area contributed by atoms with E-state index >= 15 is 0 Å². The Balaban J connectivity index is 1.31. The van der Waals surface area contributed by atoms with E-state index in [1.165, 1.54) is 24.0 Å². The molecular weight excluding hydrogens is 360 g/mol. The van der Waals surface area contributed by atoms with E-state index in [4.69, 9.17) is 0 Å². The topological polar surface area (TPSA) is 39.7 Å². The lowest BCUT2D eigenvalue weighted by Gasteiger charge is -2.36. The SMILES string of the molecule is CC(C)c1ccc(CN(CC(=O)N2CCN(c3ccccn3)CC2)C2CC2)cc1. The van der Waals surface area contributed by atoms with Crippen molar-refractivity contribution >= 4 is 11.7 Å². The van der Waals surface area contributed by atoms with Gasteiger partial charge < -0.3 is 9.80 Å². The van der Waals surface area contributed by atoms with Gasteiger partial charge in [0, 0.05) is 45.0 Å². The first-order chi connectivity index (χ1) is 14.1. The number of carbonyl (C=O) groups excluding carboxylic acids is 1. The van der Waals surface area contributed by atoms with Crippen LogP contribution in [0.1, 0.15) is 43.7 Å². The molecule has 0 atom stereocenters. The Morgan fingerprint density at radius 3 is 2.38 bits per heavy atom. The zero-order valence-electron chi connectivity index (χ0n) is 17.6. The number of piperazine rings is 1. The molecule has 1 aromatic carbocycles. The van der Waals surface area contributed by atoms with Crippen LogP contribution >= 0.6 is 0 Å². The summed E-state index contributed by atoms with van der Waals surface area (Å²) in [5.41, 5.74) is 2.67. The highest BCUT2D eigenvalue weighted by Crippen LogP contribution is 2.28. The minimum Gasteiger partial charge on any atom is -0.353 e. The number of anilines is 1. The molecule has 1 amide bonds. The van der Waals surface area contributed by atoms with Crippen molar-refractivity contribution in [3.63, 3.8) is 0 Å². The highest BCUT2D eigenvalue weighted by atomic mass is 16.2. The summed E-state index contributed by atoms with van der Waals surface area (Å²) >= 11 is 0. The molecule has 1 saturated heterocycles. The second kappa shape index (κ2) is 8.95. The Morgan fingerprint density at radius 2 is 1.79 bits per heavy atom. The van der Waals surface area contributed by atoms with Crippen molar-refractivity contribution < 1.29 is 4.79 Å². The van der Waals surface area contributed by atoms with E-state index in [2.05, 4.69) is 52.9 Å². The first-order valence-corrected chi connectivity index (χ1v) is 10.9. The largest absolute Gasteiger partial charge is 0.353 e. The van der Waals surface area contributed by atoms with Gasteiger partial charge in [-0.25, -0.2) is 4.98 Å². The van der Waals surface area contributed by atoms with Gasteiger partial charge in [-0.3, -0.25) is 9.69 Å². The van der Waals surface area contributed by atoms with E-state index in [1.54, 1.807) is 0 Å². The fraction of sp³-hybridized carbons (Fsp3) is 0.500. The van der Waals surface area contributed by atoms with Gasteiger partial charge >= 0.3 is 0 Å². The van der Waals surface area contributed by atoms with Crippen molar-refractivity contribution in [2.75, 3.05) is 37.6 Å². The zero-order valence-corrected chi connectivity index (χ0v) is 17.6. The first kappa shape index (κ1) is 19.9. The van der Waals surface area contributed by atoms with E-state index in [0.717, 1.165) is 38.5 Å². The number of amides is 1. The minimum absolute atomic E-state index is 0.261. The number of hydrogen-bond acceptors (Lipinski definition) is 4. The Hall–Kier alpha value is -2.40. The third-order valence-electron chi connectivity index (χ3n) is 6.04. The van der Waals surface area contributed by atoms with Gasteiger partial charge in [-0.2, -0.15) is 0 Å². The van der Waals surface area contributed by atoms with Gasteiger partial charge in [0.25, 0.3) is 0 Å². The maximum Gasteiger partial charge on any atom is 0.236 e. The second-order valence-electron chi connectivity index (χ2n) is 8.59. The molecule has 2 aliphatic rings. The van der Waals surface area contributed by atoms with Crippen LogP contribution in [0.4, 0.5) is 5.82 Å². The highest BCUT2D eigenvalue weighted by Gasteiger charge is 2.32. The van der Waals surface area contributed by atoms with Gasteiger partial charge in [0.1, 0.15) is 5.82 Å². The Bertz CT molecular complexity index is 793. The van der Waals surface area contributed by atoms with Crippen LogP contribution in [0.2, 0.25) is 0 Å². The van der Waals surface area contributed by atoms with Crippen molar-refractivity contribution in [2.24, 2.45) is 0 Å². The maximum absolute atomic E-state index is 13.0. The van der Waals surface area contributed by atoms with Crippen molar-refractivity contribution in [3.8, 4) is 0 Å². The highest BCUT2D eigenvalue weighted by molar-refractivity contribution is 5.78. The normalized spacial score (nSPS) is 17.2. The second-order valence-corrected chi connectivity index (χ2v) is 8.59. The monoisotopic (exact) mass is 392 g/mol. The molecule has 0 unspecified atom stereocenters. The van der Waals surface area contributed by atoms with E-state index in [0.29, 0.717) is 18.5 Å². The zero-order chi connectivity index (χ0) is 20.2. The number of aromatic nitrogens is 1. The molecule has 0 spiro atoms. The van der Waals surface area contributed by atoms with Gasteiger partial charge in [0.2, 0.25) is 5.91 Å². The maximum atomic E-state index is 13.0. The molecule has 1 aromatic heterocycles. The van der Waals surface area contributed by atoms with Crippen molar-refractivity contribution in [2.45, 2.75) is 45.2 Å². The Kier molecular flexibility index (Phi) is 6.14. The summed E-state index contributed by atoms with van der Waals surface area (Å²) in [5.74, 6) is 1.82. The minimum atomic E-state index is 0.261. The first-order valence-electron chi connectivity index (χ1n) is 10.9. The summed E-state index contributed by atoms with van der Waals surface area (Å²) < 4.78 is 0. The van der Waals surface area contributed by atoms with Crippen LogP contribution in [0.15, 0.2) is 48.7 Å². The third-order valence-corrected chi connectivity index (χ3v) is 6.04. The standard InChI is InChI=1S/C24H32N4O/c1-19(2)21-8-6-20(7-9-21)17-28(22-10-11-22)18-24(29)27-15-13-26(14-16-27)23-5-3-4-12-25-23/h3-9,12,19,22H,10-11,13-18H2,1-2H3. The molecule has 1 aliphatic carbocycles. The summed E-state index contributed by atoms with van der Waals surface area (Å²) in [6.45, 7) is 9.08. The summed E-state index contributed by atoms with van der Waals surface area (Å²) in [4.78, 5) is 24.1. The molecule has 2 heterocycles. The van der Waals surface area contributed by atoms with Gasteiger partial charge in [0.05, 0.1) is 6.54 Å². The van der Waals surface area contributed by atoms with E-state index in [-0.39, 0.29) is 5.91 Å². The average Bonchev–Trinajstić information content (AvgIpc) is 3.60. The van der Waals surface area contributed by atoms with Crippen LogP contribution in [0.5, 0.6) is 0 Å². The van der Waals surface area contributed by atoms with Crippen LogP contribution in [-0.4, -0.2) is 59.5 Å². The van der Waals surface area contributed by atoms with Crippen LogP contribution < -0.4 is 4.90 Å². The third kappa shape index (κ3) is 5.15. The predicted molar refractivity (Wildman–Crippen MR) is 117 cm³/mol. The summed E-state index contributed by atoms with van der Waals surface area (Å²) in [5, 5.41) is 0. The van der Waals surface area contributed by atoms with Crippen molar-refractivity contribution in [1.29, 1.82) is 0 Å². The lowest BCUT2D eigenvalue weighted by molar-refractivity contribution is -0.133. The quantitative estimate of drug-likeness (QED) is 0.723. The van der Waals surface area contributed by atoms with Crippen LogP contribution in [-0.2, 0) is 11.3 Å². The summed E-state index contributed by atoms with van der Waals surface area (Å²) in [7, 11) is 0. The molecule has 29 heavy (non-hydrogen) atoms. The predicted octanol–water partition coefficient (Wildman–Crippen LogP) is 3.52. The molecule has 2 fully saturated rings. The molecule has 5 heteroatoms. The molecule has 0 bridgehead atoms. The molecule has 0 radical (unpaired) electrons. The summed E-state index contributed by atoms with van der Waals surface area (Å²) in [6.07, 6.45) is 4.25. The number of benzene rings is 1. The number of hydrogen-bond donors (Lipinski definition) is 0. The van der Waals surface area contributed by atoms with Crippen molar-refractivity contribution in [1.82, 2.24) is 14.8 Å². The number of pyridine rings is 1. The summed E-state index contributed by atoms with van der Waals surface area (Å²) in [6, 6.07) is 15.5. The number of carbonyl (C=O) groups is 1. The van der Waals surface area contributed by atoms with Crippen LogP contribution in [0.25, 0.3) is 0 Å². The van der Waals surface area contributed by atoms with Gasteiger partial charge in [-0.15, -0.1) is 0 Å². The molecule has 2 aromatic rings. The fourth-order valence-electron chi connectivity index (χ4n) is 4.00. The molecule has 4 rings (SSSR count). The van der Waals surface area contributed by atoms with Crippen molar-refractivity contribution in [3.05, 3.63) is 59.8 Å². The molecule has 0 N–H and O–H groups in total. The molecule has 1 saturated carbocycles. The number of nitrogens with zero attached hydrogens (tertiary/aromatic N) is 4. The lowest BCUT2D eigenvalue weighted by Crippen LogP contribution is -2.51. The molecular formula is C24H32N4O. The molecule has 1 aliphatic heterocycles. The van der Waals surface area contributed by atoms with E-state index in [9.17, 15) is 4.79 Å². The Morgan fingerprint density at radius 1 is 1.07 bits per heavy atom.